The summed E-state index contributed by atoms with van der Waals surface area (Å²) in [5.41, 5.74) is 2.29. The summed E-state index contributed by atoms with van der Waals surface area (Å²) >= 11 is 0. The van der Waals surface area contributed by atoms with Crippen LogP contribution in [-0.2, 0) is 12.0 Å². The van der Waals surface area contributed by atoms with Gasteiger partial charge in [-0.05, 0) is 31.4 Å². The van der Waals surface area contributed by atoms with Crippen LogP contribution in [0.1, 0.15) is 49.2 Å². The lowest BCUT2D eigenvalue weighted by Gasteiger charge is -2.25. The van der Waals surface area contributed by atoms with Crippen LogP contribution >= 0.6 is 0 Å². The van der Waals surface area contributed by atoms with E-state index in [4.69, 9.17) is 14.2 Å². The van der Waals surface area contributed by atoms with Crippen LogP contribution in [0.5, 0.6) is 17.4 Å². The van der Waals surface area contributed by atoms with Gasteiger partial charge in [0.05, 0.1) is 13.7 Å². The summed E-state index contributed by atoms with van der Waals surface area (Å²) in [4.78, 5) is 29.6. The predicted octanol–water partition coefficient (Wildman–Crippen LogP) is 2.04. The van der Waals surface area contributed by atoms with Gasteiger partial charge in [0.1, 0.15) is 13.2 Å². The zero-order valence-electron chi connectivity index (χ0n) is 22.3. The van der Waals surface area contributed by atoms with Crippen molar-refractivity contribution in [3.63, 3.8) is 0 Å². The van der Waals surface area contributed by atoms with E-state index in [1.165, 1.54) is 9.20 Å². The zero-order chi connectivity index (χ0) is 27.3. The van der Waals surface area contributed by atoms with Crippen molar-refractivity contribution in [1.82, 2.24) is 24.7 Å². The van der Waals surface area contributed by atoms with E-state index in [1.807, 2.05) is 20.8 Å². The monoisotopic (exact) mass is 514 g/mol. The standard InChI is InChI=1S/C25H34N6O6/c1-8-27-24(34)37-20-11-15(2)22-29-30(23(26-6)31(22)28-20)14-18(33)16-12-17(25(3,4)5)21(35-7)19(13-16)36-10-9-32/h11-13,32H,8-10,14H2,1-7H3,(H,27,34). The van der Waals surface area contributed by atoms with Crippen molar-refractivity contribution in [1.29, 1.82) is 0 Å². The molecule has 0 bridgehead atoms. The highest BCUT2D eigenvalue weighted by atomic mass is 16.6. The summed E-state index contributed by atoms with van der Waals surface area (Å²) in [6.07, 6.45) is -0.625. The summed E-state index contributed by atoms with van der Waals surface area (Å²) in [5.74, 6) is 0.725. The maximum atomic E-state index is 13.5. The van der Waals surface area contributed by atoms with E-state index in [-0.39, 0.29) is 36.8 Å². The van der Waals surface area contributed by atoms with Crippen LogP contribution in [-0.4, -0.2) is 70.3 Å². The number of ketones is 1. The highest BCUT2D eigenvalue weighted by Gasteiger charge is 2.25. The Labute approximate surface area is 214 Å². The number of nitrogens with zero attached hydrogens (tertiary/aromatic N) is 5. The summed E-state index contributed by atoms with van der Waals surface area (Å²) in [5, 5.41) is 20.7. The van der Waals surface area contributed by atoms with Crippen molar-refractivity contribution in [3.05, 3.63) is 40.5 Å². The third kappa shape index (κ3) is 6.08. The average molecular weight is 515 g/mol. The third-order valence-electron chi connectivity index (χ3n) is 5.48. The number of methoxy groups -OCH3 is 1. The molecule has 12 nitrogen and oxygen atoms in total. The molecule has 0 radical (unpaired) electrons. The van der Waals surface area contributed by atoms with Crippen LogP contribution in [0.3, 0.4) is 0 Å². The predicted molar refractivity (Wildman–Crippen MR) is 136 cm³/mol. The van der Waals surface area contributed by atoms with Crippen molar-refractivity contribution in [2.45, 2.75) is 46.6 Å². The van der Waals surface area contributed by atoms with Gasteiger partial charge in [-0.25, -0.2) is 9.48 Å². The molecule has 0 saturated carbocycles. The Bertz CT molecular complexity index is 1370. The zero-order valence-corrected chi connectivity index (χ0v) is 22.3. The van der Waals surface area contributed by atoms with Crippen molar-refractivity contribution < 1.29 is 28.9 Å². The molecule has 200 valence electrons. The van der Waals surface area contributed by atoms with E-state index >= 15 is 0 Å². The van der Waals surface area contributed by atoms with Gasteiger partial charge in [-0.2, -0.15) is 4.52 Å². The van der Waals surface area contributed by atoms with Crippen LogP contribution in [0.15, 0.2) is 23.2 Å². The molecule has 3 rings (SSSR count). The maximum Gasteiger partial charge on any atom is 0.413 e. The van der Waals surface area contributed by atoms with E-state index in [2.05, 4.69) is 20.5 Å². The Morgan fingerprint density at radius 1 is 1.19 bits per heavy atom. The van der Waals surface area contributed by atoms with Gasteiger partial charge in [0.2, 0.25) is 11.5 Å². The van der Waals surface area contributed by atoms with Gasteiger partial charge in [-0.15, -0.1) is 10.2 Å². The lowest BCUT2D eigenvalue weighted by Crippen LogP contribution is -2.29. The van der Waals surface area contributed by atoms with Gasteiger partial charge >= 0.3 is 6.09 Å². The number of hydrogen-bond donors (Lipinski definition) is 2. The number of fused-ring (bicyclic) bond motifs is 1. The minimum atomic E-state index is -0.625. The molecular formula is C25H34N6O6. The lowest BCUT2D eigenvalue weighted by molar-refractivity contribution is 0.0965. The molecular weight excluding hydrogens is 480 g/mol. The number of aryl methyl sites for hydroxylation is 1. The molecule has 12 heteroatoms. The molecule has 0 aliphatic heterocycles. The number of aliphatic hydroxyl groups excluding tert-OH is 1. The molecule has 2 N–H and O–H groups in total. The van der Waals surface area contributed by atoms with Crippen molar-refractivity contribution in [3.8, 4) is 17.4 Å². The quantitative estimate of drug-likeness (QED) is 0.413. The number of ether oxygens (including phenoxy) is 3. The number of amides is 1. The molecule has 3 aromatic rings. The van der Waals surface area contributed by atoms with E-state index in [0.717, 1.165) is 5.56 Å². The fourth-order valence-corrected chi connectivity index (χ4v) is 3.78. The normalized spacial score (nSPS) is 12.1. The van der Waals surface area contributed by atoms with Crippen molar-refractivity contribution in [2.24, 2.45) is 4.99 Å². The number of carbonyl (C=O) groups is 2. The van der Waals surface area contributed by atoms with Crippen LogP contribution in [0.4, 0.5) is 4.79 Å². The number of aromatic nitrogens is 4. The first-order valence-corrected chi connectivity index (χ1v) is 11.9. The average Bonchev–Trinajstić information content (AvgIpc) is 3.18. The summed E-state index contributed by atoms with van der Waals surface area (Å²) in [7, 11) is 3.10. The molecule has 0 aliphatic rings. The molecule has 2 heterocycles. The van der Waals surface area contributed by atoms with Crippen LogP contribution in [0, 0.1) is 6.92 Å². The molecule has 1 aromatic carbocycles. The van der Waals surface area contributed by atoms with Gasteiger partial charge in [0.15, 0.2) is 22.9 Å². The molecule has 0 atom stereocenters. The molecule has 2 aromatic heterocycles. The number of carbonyl (C=O) groups excluding carboxylic acids is 2. The summed E-state index contributed by atoms with van der Waals surface area (Å²) in [6, 6.07) is 4.98. The first-order valence-electron chi connectivity index (χ1n) is 11.9. The SMILES string of the molecule is CCNC(=O)Oc1cc(C)c2nn(CC(=O)c3cc(OCCO)c(OC)c(C(C)(C)C)c3)c(=NC)n2n1. The Hall–Kier alpha value is -3.93. The van der Waals surface area contributed by atoms with Gasteiger partial charge in [0.25, 0.3) is 0 Å². The maximum absolute atomic E-state index is 13.5. The Kier molecular flexibility index (Phi) is 8.53. The minimum absolute atomic E-state index is 0.0588. The Morgan fingerprint density at radius 2 is 1.92 bits per heavy atom. The van der Waals surface area contributed by atoms with Crippen LogP contribution in [0.25, 0.3) is 5.65 Å². The number of nitrogens with one attached hydrogen (secondary N) is 1. The highest BCUT2D eigenvalue weighted by Crippen LogP contribution is 2.39. The van der Waals surface area contributed by atoms with Crippen molar-refractivity contribution in [2.75, 3.05) is 33.9 Å². The summed E-state index contributed by atoms with van der Waals surface area (Å²) in [6.45, 7) is 9.77. The third-order valence-corrected chi connectivity index (χ3v) is 5.48. The van der Waals surface area contributed by atoms with E-state index < -0.39 is 6.09 Å². The fraction of sp³-hybridized carbons (Fsp3) is 0.480. The Morgan fingerprint density at radius 3 is 2.51 bits per heavy atom. The first kappa shape index (κ1) is 27.7. The second-order valence-electron chi connectivity index (χ2n) is 9.30. The van der Waals surface area contributed by atoms with Gasteiger partial charge in [-0.1, -0.05) is 20.8 Å². The molecule has 0 unspecified atom stereocenters. The minimum Gasteiger partial charge on any atom is -0.493 e. The van der Waals surface area contributed by atoms with Crippen molar-refractivity contribution >= 4 is 17.5 Å². The summed E-state index contributed by atoms with van der Waals surface area (Å²) < 4.78 is 19.4. The van der Waals surface area contributed by atoms with Gasteiger partial charge in [0, 0.05) is 36.3 Å². The second kappa shape index (κ2) is 11.4. The van der Waals surface area contributed by atoms with E-state index in [9.17, 15) is 14.7 Å². The van der Waals surface area contributed by atoms with Crippen LogP contribution in [0.2, 0.25) is 0 Å². The topological polar surface area (TPSA) is 142 Å². The molecule has 0 fully saturated rings. The molecule has 0 saturated heterocycles. The number of benzene rings is 1. The largest absolute Gasteiger partial charge is 0.493 e. The molecule has 1 amide bonds. The molecule has 0 spiro atoms. The lowest BCUT2D eigenvalue weighted by atomic mass is 9.84. The molecule has 0 aliphatic carbocycles. The number of rotatable bonds is 9. The molecule has 37 heavy (non-hydrogen) atoms. The van der Waals surface area contributed by atoms with Gasteiger partial charge < -0.3 is 24.6 Å². The number of aliphatic hydroxyl groups is 1. The van der Waals surface area contributed by atoms with E-state index in [1.54, 1.807) is 46.2 Å². The first-order chi connectivity index (χ1) is 17.5. The van der Waals surface area contributed by atoms with Crippen LogP contribution < -0.4 is 25.1 Å². The highest BCUT2D eigenvalue weighted by molar-refractivity contribution is 5.97. The Balaban J connectivity index is 2.04. The number of Topliss-reactive ketones (excluding diaryl/α,β-unsaturated/α-hetero) is 1. The van der Waals surface area contributed by atoms with E-state index in [0.29, 0.717) is 40.4 Å². The van der Waals surface area contributed by atoms with Gasteiger partial charge in [-0.3, -0.25) is 9.79 Å². The smallest absolute Gasteiger partial charge is 0.413 e. The fourth-order valence-electron chi connectivity index (χ4n) is 3.78. The second-order valence-corrected chi connectivity index (χ2v) is 9.30. The number of hydrogen-bond acceptors (Lipinski definition) is 9.